The minimum absolute atomic E-state index is 1.06. The summed E-state index contributed by atoms with van der Waals surface area (Å²) < 4.78 is 2.55. The van der Waals surface area contributed by atoms with E-state index in [2.05, 4.69) is 74.9 Å². The molecule has 0 aromatic heterocycles. The van der Waals surface area contributed by atoms with E-state index >= 15 is 0 Å². The highest BCUT2D eigenvalue weighted by atomic mass is 127. The topological polar surface area (TPSA) is 0 Å². The first-order chi connectivity index (χ1) is 7.27. The van der Waals surface area contributed by atoms with Crippen LogP contribution in [0.1, 0.15) is 11.1 Å². The van der Waals surface area contributed by atoms with E-state index in [1.165, 1.54) is 30.3 Å². The van der Waals surface area contributed by atoms with Crippen LogP contribution in [-0.4, -0.2) is 0 Å². The molecule has 0 atom stereocenters. The van der Waals surface area contributed by atoms with Crippen molar-refractivity contribution in [2.45, 2.75) is 6.42 Å². The molecular formula is C13H8BrI. The minimum Gasteiger partial charge on any atom is -0.0619 e. The highest BCUT2D eigenvalue weighted by Crippen LogP contribution is 2.41. The molecule has 2 heteroatoms. The fourth-order valence-electron chi connectivity index (χ4n) is 2.15. The smallest absolute Gasteiger partial charge is 0.0350 e. The molecule has 0 heterocycles. The molecule has 0 unspecified atom stereocenters. The average molecular weight is 371 g/mol. The number of fused-ring (bicyclic) bond motifs is 3. The van der Waals surface area contributed by atoms with Gasteiger partial charge in [0.2, 0.25) is 0 Å². The summed E-state index contributed by atoms with van der Waals surface area (Å²) in [7, 11) is 0. The second kappa shape index (κ2) is 3.59. The van der Waals surface area contributed by atoms with E-state index < -0.39 is 0 Å². The van der Waals surface area contributed by atoms with Gasteiger partial charge in [-0.05, 0) is 73.3 Å². The second-order valence-corrected chi connectivity index (χ2v) is 5.68. The summed E-state index contributed by atoms with van der Waals surface area (Å²) in [5.41, 5.74) is 5.65. The van der Waals surface area contributed by atoms with Crippen molar-refractivity contribution in [1.29, 1.82) is 0 Å². The summed E-state index contributed by atoms with van der Waals surface area (Å²) in [6.45, 7) is 0. The maximum absolute atomic E-state index is 3.68. The van der Waals surface area contributed by atoms with E-state index in [1.54, 1.807) is 0 Å². The van der Waals surface area contributed by atoms with E-state index in [4.69, 9.17) is 0 Å². The molecule has 0 nitrogen and oxygen atoms in total. The Bertz CT molecular complexity index is 546. The van der Waals surface area contributed by atoms with Crippen LogP contribution in [0.25, 0.3) is 11.1 Å². The molecule has 0 spiro atoms. The molecule has 15 heavy (non-hydrogen) atoms. The first kappa shape index (κ1) is 9.85. The quantitative estimate of drug-likeness (QED) is 0.506. The molecule has 0 bridgehead atoms. The number of hydrogen-bond donors (Lipinski definition) is 0. The lowest BCUT2D eigenvalue weighted by atomic mass is 10.1. The van der Waals surface area contributed by atoms with Crippen LogP contribution in [-0.2, 0) is 6.42 Å². The monoisotopic (exact) mass is 370 g/mol. The lowest BCUT2D eigenvalue weighted by molar-refractivity contribution is 1.24. The fourth-order valence-corrected chi connectivity index (χ4v) is 3.14. The summed E-state index contributed by atoms with van der Waals surface area (Å²) in [4.78, 5) is 0. The fraction of sp³-hybridized carbons (Fsp3) is 0.0769. The predicted molar refractivity (Wildman–Crippen MR) is 75.1 cm³/mol. The highest BCUT2D eigenvalue weighted by Gasteiger charge is 2.20. The molecular weight excluding hydrogens is 363 g/mol. The van der Waals surface area contributed by atoms with Crippen molar-refractivity contribution >= 4 is 38.5 Å². The molecule has 2 aromatic carbocycles. The lowest BCUT2D eigenvalue weighted by Crippen LogP contribution is -1.85. The molecule has 2 aromatic rings. The van der Waals surface area contributed by atoms with Gasteiger partial charge in [0.25, 0.3) is 0 Å². The van der Waals surface area contributed by atoms with E-state index in [0.29, 0.717) is 0 Å². The zero-order valence-corrected chi connectivity index (χ0v) is 11.7. The Morgan fingerprint density at radius 1 is 1.00 bits per heavy atom. The maximum atomic E-state index is 3.68. The molecule has 0 aliphatic heterocycles. The van der Waals surface area contributed by atoms with Crippen LogP contribution in [0.4, 0.5) is 0 Å². The molecule has 1 aliphatic carbocycles. The Labute approximate surface area is 111 Å². The van der Waals surface area contributed by atoms with Gasteiger partial charge >= 0.3 is 0 Å². The van der Waals surface area contributed by atoms with E-state index in [-0.39, 0.29) is 0 Å². The van der Waals surface area contributed by atoms with Crippen LogP contribution < -0.4 is 0 Å². The van der Waals surface area contributed by atoms with E-state index in [0.717, 1.165) is 6.42 Å². The molecule has 74 valence electrons. The first-order valence-corrected chi connectivity index (χ1v) is 6.69. The van der Waals surface area contributed by atoms with Crippen LogP contribution in [0.2, 0.25) is 0 Å². The molecule has 1 aliphatic rings. The first-order valence-electron chi connectivity index (χ1n) is 4.82. The van der Waals surface area contributed by atoms with Gasteiger partial charge in [-0.15, -0.1) is 0 Å². The molecule has 0 radical (unpaired) electrons. The third-order valence-corrected chi connectivity index (χ3v) is 5.42. The van der Waals surface area contributed by atoms with Gasteiger partial charge in [-0.25, -0.2) is 0 Å². The average Bonchev–Trinajstić information content (AvgIpc) is 2.63. The third kappa shape index (κ3) is 1.46. The van der Waals surface area contributed by atoms with Crippen molar-refractivity contribution in [3.05, 3.63) is 55.6 Å². The Hall–Kier alpha value is -0.350. The maximum Gasteiger partial charge on any atom is 0.0350 e. The normalized spacial score (nSPS) is 12.4. The van der Waals surface area contributed by atoms with Crippen molar-refractivity contribution in [2.75, 3.05) is 0 Å². The summed E-state index contributed by atoms with van der Waals surface area (Å²) in [5.74, 6) is 0. The largest absolute Gasteiger partial charge is 0.0619 e. The second-order valence-electron chi connectivity index (χ2n) is 3.72. The summed E-state index contributed by atoms with van der Waals surface area (Å²) in [6.07, 6.45) is 1.06. The number of hydrogen-bond acceptors (Lipinski definition) is 0. The molecule has 0 fully saturated rings. The van der Waals surface area contributed by atoms with Gasteiger partial charge in [-0.3, -0.25) is 0 Å². The SMILES string of the molecule is Brc1c(I)ccc2c1Cc1ccccc1-2. The van der Waals surface area contributed by atoms with E-state index in [9.17, 15) is 0 Å². The van der Waals surface area contributed by atoms with Gasteiger partial charge in [0.1, 0.15) is 0 Å². The Morgan fingerprint density at radius 3 is 2.67 bits per heavy atom. The number of halogens is 2. The van der Waals surface area contributed by atoms with Crippen molar-refractivity contribution in [1.82, 2.24) is 0 Å². The van der Waals surface area contributed by atoms with Crippen LogP contribution >= 0.6 is 38.5 Å². The molecule has 0 saturated heterocycles. The minimum atomic E-state index is 1.06. The molecule has 3 rings (SSSR count). The third-order valence-electron chi connectivity index (χ3n) is 2.87. The van der Waals surface area contributed by atoms with Gasteiger partial charge < -0.3 is 0 Å². The van der Waals surface area contributed by atoms with Crippen molar-refractivity contribution in [2.24, 2.45) is 0 Å². The molecule has 0 N–H and O–H groups in total. The Kier molecular flexibility index (Phi) is 2.36. The Balaban J connectivity index is 2.31. The van der Waals surface area contributed by atoms with Gasteiger partial charge in [-0.1, -0.05) is 30.3 Å². The van der Waals surface area contributed by atoms with Gasteiger partial charge in [0, 0.05) is 8.04 Å². The summed E-state index contributed by atoms with van der Waals surface area (Å²) >= 11 is 6.05. The van der Waals surface area contributed by atoms with Crippen LogP contribution in [0.5, 0.6) is 0 Å². The molecule has 0 saturated carbocycles. The highest BCUT2D eigenvalue weighted by molar-refractivity contribution is 14.1. The van der Waals surface area contributed by atoms with Crippen molar-refractivity contribution in [3.8, 4) is 11.1 Å². The lowest BCUT2D eigenvalue weighted by Gasteiger charge is -2.04. The zero-order chi connectivity index (χ0) is 10.4. The molecule has 0 amide bonds. The van der Waals surface area contributed by atoms with Gasteiger partial charge in [0.15, 0.2) is 0 Å². The zero-order valence-electron chi connectivity index (χ0n) is 7.93. The summed E-state index contributed by atoms with van der Waals surface area (Å²) in [6, 6.07) is 13.1. The van der Waals surface area contributed by atoms with Crippen molar-refractivity contribution < 1.29 is 0 Å². The Morgan fingerprint density at radius 2 is 1.80 bits per heavy atom. The predicted octanol–water partition coefficient (Wildman–Crippen LogP) is 4.62. The van der Waals surface area contributed by atoms with Gasteiger partial charge in [-0.2, -0.15) is 0 Å². The van der Waals surface area contributed by atoms with Crippen LogP contribution in [0.3, 0.4) is 0 Å². The van der Waals surface area contributed by atoms with Crippen LogP contribution in [0, 0.1) is 3.57 Å². The van der Waals surface area contributed by atoms with Crippen LogP contribution in [0.15, 0.2) is 40.9 Å². The number of rotatable bonds is 0. The standard InChI is InChI=1S/C13H8BrI/c14-13-11-7-8-3-1-2-4-9(8)10(11)5-6-12(13)15/h1-6H,7H2. The number of benzene rings is 2. The van der Waals surface area contributed by atoms with Crippen molar-refractivity contribution in [3.63, 3.8) is 0 Å². The summed E-state index contributed by atoms with van der Waals surface area (Å²) in [5, 5.41) is 0. The van der Waals surface area contributed by atoms with E-state index in [1.807, 2.05) is 0 Å². The van der Waals surface area contributed by atoms with Gasteiger partial charge in [0.05, 0.1) is 0 Å².